The maximum Gasteiger partial charge on any atom is 0.223 e. The van der Waals surface area contributed by atoms with Gasteiger partial charge in [-0.25, -0.2) is 0 Å². The van der Waals surface area contributed by atoms with Gasteiger partial charge in [0.1, 0.15) is 0 Å². The number of carbonyl (C=O) groups is 1. The summed E-state index contributed by atoms with van der Waals surface area (Å²) in [7, 11) is 0. The van der Waals surface area contributed by atoms with Gasteiger partial charge in [0.05, 0.1) is 18.1 Å². The van der Waals surface area contributed by atoms with Gasteiger partial charge in [0, 0.05) is 0 Å². The third kappa shape index (κ3) is 1.12. The van der Waals surface area contributed by atoms with Crippen molar-refractivity contribution in [2.45, 2.75) is 25.0 Å². The molecule has 4 N–H and O–H groups in total. The van der Waals surface area contributed by atoms with Crippen LogP contribution in [-0.4, -0.2) is 28.3 Å². The number of nitrogens with two attached hydrogens (primary N) is 1. The Kier molecular flexibility index (Phi) is 1.92. The number of carbonyl (C=O) groups excluding carboxylic acids is 1. The average molecular weight is 145 g/mol. The highest BCUT2D eigenvalue weighted by atomic mass is 16.3. The zero-order valence-electron chi connectivity index (χ0n) is 5.53. The topological polar surface area (TPSA) is 83.6 Å². The van der Waals surface area contributed by atoms with Gasteiger partial charge < -0.3 is 15.9 Å². The van der Waals surface area contributed by atoms with Gasteiger partial charge in [0.2, 0.25) is 5.91 Å². The molecule has 1 aliphatic rings. The fraction of sp³-hybridized carbons (Fsp3) is 0.833. The van der Waals surface area contributed by atoms with Crippen LogP contribution in [0.3, 0.4) is 0 Å². The molecule has 0 aromatic rings. The fourth-order valence-electron chi connectivity index (χ4n) is 1.27. The van der Waals surface area contributed by atoms with Crippen LogP contribution in [0.25, 0.3) is 0 Å². The highest BCUT2D eigenvalue weighted by Crippen LogP contribution is 2.25. The first-order valence-corrected chi connectivity index (χ1v) is 3.28. The molecule has 3 atom stereocenters. The maximum atomic E-state index is 10.5. The van der Waals surface area contributed by atoms with E-state index in [1.165, 1.54) is 0 Å². The van der Waals surface area contributed by atoms with Crippen molar-refractivity contribution < 1.29 is 15.0 Å². The lowest BCUT2D eigenvalue weighted by Crippen LogP contribution is -2.34. The molecule has 0 aromatic carbocycles. The van der Waals surface area contributed by atoms with Crippen molar-refractivity contribution in [2.75, 3.05) is 0 Å². The second-order valence-electron chi connectivity index (χ2n) is 2.64. The van der Waals surface area contributed by atoms with Gasteiger partial charge in [-0.2, -0.15) is 0 Å². The summed E-state index contributed by atoms with van der Waals surface area (Å²) in [6, 6.07) is 0. The molecule has 0 unspecified atom stereocenters. The second kappa shape index (κ2) is 2.56. The molecule has 0 spiro atoms. The van der Waals surface area contributed by atoms with Crippen LogP contribution in [0.15, 0.2) is 0 Å². The molecule has 1 saturated carbocycles. The number of rotatable bonds is 1. The Balaban J connectivity index is 2.57. The van der Waals surface area contributed by atoms with E-state index in [9.17, 15) is 4.79 Å². The number of aliphatic hydroxyl groups is 2. The SMILES string of the molecule is NC(=O)[C@H]1CC[C@@H](O)[C@@H]1O. The van der Waals surface area contributed by atoms with Gasteiger partial charge in [-0.1, -0.05) is 0 Å². The van der Waals surface area contributed by atoms with E-state index in [-0.39, 0.29) is 0 Å². The molecule has 4 heteroatoms. The molecule has 10 heavy (non-hydrogen) atoms. The summed E-state index contributed by atoms with van der Waals surface area (Å²) in [5.74, 6) is -1.07. The predicted molar refractivity (Wildman–Crippen MR) is 33.9 cm³/mol. The number of primary amides is 1. The van der Waals surface area contributed by atoms with Crippen LogP contribution in [0, 0.1) is 5.92 Å². The highest BCUT2D eigenvalue weighted by molar-refractivity contribution is 5.77. The quantitative estimate of drug-likeness (QED) is 0.424. The van der Waals surface area contributed by atoms with Crippen LogP contribution >= 0.6 is 0 Å². The number of hydrogen-bond acceptors (Lipinski definition) is 3. The van der Waals surface area contributed by atoms with Crippen LogP contribution in [0.1, 0.15) is 12.8 Å². The normalized spacial score (nSPS) is 40.0. The summed E-state index contributed by atoms with van der Waals surface area (Å²) in [6.45, 7) is 0. The van der Waals surface area contributed by atoms with Crippen molar-refractivity contribution in [3.63, 3.8) is 0 Å². The van der Waals surface area contributed by atoms with Crippen LogP contribution in [-0.2, 0) is 4.79 Å². The van der Waals surface area contributed by atoms with E-state index in [4.69, 9.17) is 15.9 Å². The molecular formula is C6H11NO3. The Bertz CT molecular complexity index is 148. The molecule has 0 radical (unpaired) electrons. The highest BCUT2D eigenvalue weighted by Gasteiger charge is 2.36. The third-order valence-electron chi connectivity index (χ3n) is 1.95. The lowest BCUT2D eigenvalue weighted by Gasteiger charge is -2.11. The first-order valence-electron chi connectivity index (χ1n) is 3.28. The minimum Gasteiger partial charge on any atom is -0.390 e. The van der Waals surface area contributed by atoms with E-state index < -0.39 is 24.0 Å². The van der Waals surface area contributed by atoms with Crippen LogP contribution < -0.4 is 5.73 Å². The Morgan fingerprint density at radius 3 is 2.20 bits per heavy atom. The third-order valence-corrected chi connectivity index (χ3v) is 1.95. The molecule has 1 fully saturated rings. The number of amides is 1. The number of aliphatic hydroxyl groups excluding tert-OH is 2. The summed E-state index contributed by atoms with van der Waals surface area (Å²) in [5, 5.41) is 18.0. The molecule has 0 aromatic heterocycles. The zero-order chi connectivity index (χ0) is 7.72. The smallest absolute Gasteiger partial charge is 0.223 e. The molecule has 1 amide bonds. The van der Waals surface area contributed by atoms with Crippen LogP contribution in [0.4, 0.5) is 0 Å². The second-order valence-corrected chi connectivity index (χ2v) is 2.64. The molecule has 1 rings (SSSR count). The minimum atomic E-state index is -0.947. The largest absolute Gasteiger partial charge is 0.390 e. The zero-order valence-corrected chi connectivity index (χ0v) is 5.53. The van der Waals surface area contributed by atoms with Crippen molar-refractivity contribution >= 4 is 5.91 Å². The molecule has 0 heterocycles. The Hall–Kier alpha value is -0.610. The Morgan fingerprint density at radius 1 is 1.40 bits per heavy atom. The molecule has 1 aliphatic carbocycles. The molecule has 0 bridgehead atoms. The average Bonchev–Trinajstić information content (AvgIpc) is 2.14. The lowest BCUT2D eigenvalue weighted by atomic mass is 10.1. The molecule has 0 saturated heterocycles. The Morgan fingerprint density at radius 2 is 2.00 bits per heavy atom. The van der Waals surface area contributed by atoms with Crippen LogP contribution in [0.5, 0.6) is 0 Å². The van der Waals surface area contributed by atoms with E-state index in [1.807, 2.05) is 0 Å². The standard InChI is InChI=1S/C6H11NO3/c7-6(10)3-1-2-4(8)5(3)9/h3-5,8-9H,1-2H2,(H2,7,10)/t3-,4+,5+/m0/s1. The fourth-order valence-corrected chi connectivity index (χ4v) is 1.27. The van der Waals surface area contributed by atoms with Gasteiger partial charge >= 0.3 is 0 Å². The van der Waals surface area contributed by atoms with E-state index in [2.05, 4.69) is 0 Å². The summed E-state index contributed by atoms with van der Waals surface area (Å²) in [5.41, 5.74) is 4.94. The summed E-state index contributed by atoms with van der Waals surface area (Å²) < 4.78 is 0. The Labute approximate surface area is 58.6 Å². The predicted octanol–water partition coefficient (Wildman–Crippen LogP) is -1.40. The first-order chi connectivity index (χ1) is 4.63. The van der Waals surface area contributed by atoms with Gasteiger partial charge in [0.25, 0.3) is 0 Å². The monoisotopic (exact) mass is 145 g/mol. The first kappa shape index (κ1) is 7.50. The van der Waals surface area contributed by atoms with E-state index in [0.29, 0.717) is 12.8 Å². The van der Waals surface area contributed by atoms with Crippen molar-refractivity contribution in [3.8, 4) is 0 Å². The van der Waals surface area contributed by atoms with Crippen molar-refractivity contribution in [3.05, 3.63) is 0 Å². The van der Waals surface area contributed by atoms with Gasteiger partial charge in [-0.05, 0) is 12.8 Å². The molecule has 4 nitrogen and oxygen atoms in total. The van der Waals surface area contributed by atoms with E-state index in [1.54, 1.807) is 0 Å². The molecular weight excluding hydrogens is 134 g/mol. The summed E-state index contributed by atoms with van der Waals surface area (Å²) in [6.07, 6.45) is -0.748. The van der Waals surface area contributed by atoms with Crippen molar-refractivity contribution in [1.82, 2.24) is 0 Å². The number of hydrogen-bond donors (Lipinski definition) is 3. The van der Waals surface area contributed by atoms with Gasteiger partial charge in [0.15, 0.2) is 0 Å². The van der Waals surface area contributed by atoms with E-state index in [0.717, 1.165) is 0 Å². The summed E-state index contributed by atoms with van der Waals surface area (Å²) >= 11 is 0. The van der Waals surface area contributed by atoms with Gasteiger partial charge in [-0.3, -0.25) is 4.79 Å². The van der Waals surface area contributed by atoms with E-state index >= 15 is 0 Å². The minimum absolute atomic E-state index is 0.467. The van der Waals surface area contributed by atoms with Crippen molar-refractivity contribution in [1.29, 1.82) is 0 Å². The summed E-state index contributed by atoms with van der Waals surface area (Å²) in [4.78, 5) is 10.5. The van der Waals surface area contributed by atoms with Crippen LogP contribution in [0.2, 0.25) is 0 Å². The molecule has 0 aliphatic heterocycles. The molecule has 58 valence electrons. The van der Waals surface area contributed by atoms with Crippen molar-refractivity contribution in [2.24, 2.45) is 11.7 Å². The lowest BCUT2D eigenvalue weighted by molar-refractivity contribution is -0.125. The maximum absolute atomic E-state index is 10.5. The van der Waals surface area contributed by atoms with Gasteiger partial charge in [-0.15, -0.1) is 0 Å².